The molecule has 2 unspecified atom stereocenters. The molecule has 0 amide bonds. The number of alkyl halides is 4. The molecule has 6 nitrogen and oxygen atoms in total. The summed E-state index contributed by atoms with van der Waals surface area (Å²) in [7, 11) is 1.36. The van der Waals surface area contributed by atoms with Crippen LogP contribution in [0.25, 0.3) is 0 Å². The molecule has 0 N–H and O–H groups in total. The van der Waals surface area contributed by atoms with Crippen LogP contribution in [-0.2, 0) is 21.9 Å². The Bertz CT molecular complexity index is 884. The number of piperidine rings is 1. The first kappa shape index (κ1) is 19.8. The number of halogens is 4. The van der Waals surface area contributed by atoms with Crippen molar-refractivity contribution < 1.29 is 27.1 Å². The minimum Gasteiger partial charge on any atom is -0.469 e. The van der Waals surface area contributed by atoms with Gasteiger partial charge in [-0.1, -0.05) is 0 Å². The Labute approximate surface area is 171 Å². The normalized spacial score (nSPS) is 32.9. The number of aromatic nitrogens is 2. The minimum absolute atomic E-state index is 0.0459. The second kappa shape index (κ2) is 6.43. The third-order valence-electron chi connectivity index (χ3n) is 7.26. The molecule has 4 atom stereocenters. The van der Waals surface area contributed by atoms with Crippen molar-refractivity contribution in [2.75, 3.05) is 36.5 Å². The fraction of sp³-hybridized carbons (Fsp3) is 0.750. The fourth-order valence-corrected chi connectivity index (χ4v) is 5.25. The van der Waals surface area contributed by atoms with Gasteiger partial charge in [0, 0.05) is 31.5 Å². The van der Waals surface area contributed by atoms with Gasteiger partial charge in [0.2, 0.25) is 5.95 Å². The second-order valence-corrected chi connectivity index (χ2v) is 8.97. The highest BCUT2D eigenvalue weighted by Gasteiger charge is 2.58. The van der Waals surface area contributed by atoms with Crippen molar-refractivity contribution >= 4 is 17.7 Å². The molecule has 0 radical (unpaired) electrons. The number of methoxy groups -OCH3 is 1. The molecular formula is C20H24F4N4O2. The molecule has 3 fully saturated rings. The van der Waals surface area contributed by atoms with Crippen LogP contribution in [0.1, 0.15) is 37.4 Å². The number of esters is 1. The van der Waals surface area contributed by atoms with Gasteiger partial charge in [0.15, 0.2) is 0 Å². The highest BCUT2D eigenvalue weighted by molar-refractivity contribution is 5.70. The molecule has 3 heterocycles. The summed E-state index contributed by atoms with van der Waals surface area (Å²) in [6.07, 6.45) is 0.850. The lowest BCUT2D eigenvalue weighted by molar-refractivity contribution is -0.141. The Morgan fingerprint density at radius 3 is 2.50 bits per heavy atom. The van der Waals surface area contributed by atoms with Crippen molar-refractivity contribution in [3.63, 3.8) is 0 Å². The summed E-state index contributed by atoms with van der Waals surface area (Å²) in [5.41, 5.74) is 0.114. The third kappa shape index (κ3) is 2.93. The summed E-state index contributed by atoms with van der Waals surface area (Å²) in [4.78, 5) is 23.4. The van der Waals surface area contributed by atoms with E-state index in [1.54, 1.807) is 0 Å². The van der Waals surface area contributed by atoms with Gasteiger partial charge in [-0.05, 0) is 37.5 Å². The van der Waals surface area contributed by atoms with Crippen LogP contribution in [-0.4, -0.2) is 54.6 Å². The molecule has 30 heavy (non-hydrogen) atoms. The van der Waals surface area contributed by atoms with Crippen molar-refractivity contribution in [3.8, 4) is 0 Å². The van der Waals surface area contributed by atoms with Crippen molar-refractivity contribution in [1.82, 2.24) is 9.97 Å². The SMILES string of the molecule is COC(=O)CC1[C@H]2CN(c3nc(N4CC(F)(F)C4C)nc4c3CCCC4(F)F)C[C@@H]12. The number of hydrogen-bond acceptors (Lipinski definition) is 6. The molecular weight excluding hydrogens is 404 g/mol. The third-order valence-corrected chi connectivity index (χ3v) is 7.26. The predicted molar refractivity (Wildman–Crippen MR) is 99.9 cm³/mol. The van der Waals surface area contributed by atoms with Crippen molar-refractivity contribution in [3.05, 3.63) is 11.3 Å². The van der Waals surface area contributed by atoms with E-state index in [1.807, 2.05) is 4.90 Å². The Kier molecular flexibility index (Phi) is 4.25. The van der Waals surface area contributed by atoms with Gasteiger partial charge in [-0.15, -0.1) is 0 Å². The Morgan fingerprint density at radius 1 is 1.20 bits per heavy atom. The van der Waals surface area contributed by atoms with Crippen molar-refractivity contribution in [1.29, 1.82) is 0 Å². The minimum atomic E-state index is -3.09. The maximum Gasteiger partial charge on any atom is 0.305 e. The largest absolute Gasteiger partial charge is 0.469 e. The van der Waals surface area contributed by atoms with Gasteiger partial charge in [0.25, 0.3) is 11.8 Å². The van der Waals surface area contributed by atoms with E-state index < -0.39 is 24.4 Å². The van der Waals surface area contributed by atoms with E-state index >= 15 is 0 Å². The molecule has 2 aliphatic carbocycles. The molecule has 5 rings (SSSR count). The molecule has 0 spiro atoms. The summed E-state index contributed by atoms with van der Waals surface area (Å²) in [5.74, 6) is -4.96. The van der Waals surface area contributed by atoms with Crippen molar-refractivity contribution in [2.24, 2.45) is 17.8 Å². The molecule has 4 aliphatic rings. The van der Waals surface area contributed by atoms with Gasteiger partial charge in [-0.2, -0.15) is 13.8 Å². The van der Waals surface area contributed by atoms with Crippen LogP contribution in [0.5, 0.6) is 0 Å². The van der Waals surface area contributed by atoms with Crippen LogP contribution in [0.15, 0.2) is 0 Å². The van der Waals surface area contributed by atoms with Crippen LogP contribution >= 0.6 is 0 Å². The summed E-state index contributed by atoms with van der Waals surface area (Å²) in [6.45, 7) is 2.02. The molecule has 1 aromatic rings. The van der Waals surface area contributed by atoms with E-state index in [1.165, 1.54) is 18.9 Å². The molecule has 2 saturated heterocycles. The number of carbonyl (C=O) groups excluding carboxylic acids is 1. The first-order valence-corrected chi connectivity index (χ1v) is 10.4. The first-order valence-electron chi connectivity index (χ1n) is 10.4. The zero-order chi connectivity index (χ0) is 21.4. The number of rotatable bonds is 4. The van der Waals surface area contributed by atoms with E-state index in [2.05, 4.69) is 9.97 Å². The Hall–Kier alpha value is -2.13. The highest BCUT2D eigenvalue weighted by atomic mass is 19.3. The smallest absolute Gasteiger partial charge is 0.305 e. The van der Waals surface area contributed by atoms with Crippen LogP contribution in [0.3, 0.4) is 0 Å². The summed E-state index contributed by atoms with van der Waals surface area (Å²) in [5, 5.41) is 0. The highest BCUT2D eigenvalue weighted by Crippen LogP contribution is 2.55. The van der Waals surface area contributed by atoms with Gasteiger partial charge in [0.1, 0.15) is 11.5 Å². The van der Waals surface area contributed by atoms with E-state index in [0.717, 1.165) is 0 Å². The van der Waals surface area contributed by atoms with Gasteiger partial charge in [-0.25, -0.2) is 13.8 Å². The lowest BCUT2D eigenvalue weighted by Crippen LogP contribution is -2.64. The average Bonchev–Trinajstić information content (AvgIpc) is 3.13. The number of anilines is 2. The molecule has 10 heteroatoms. The van der Waals surface area contributed by atoms with E-state index in [9.17, 15) is 22.4 Å². The molecule has 164 valence electrons. The molecule has 1 aromatic heterocycles. The van der Waals surface area contributed by atoms with Gasteiger partial charge in [-0.3, -0.25) is 4.79 Å². The first-order chi connectivity index (χ1) is 14.1. The molecule has 0 bridgehead atoms. The maximum atomic E-state index is 14.7. The van der Waals surface area contributed by atoms with E-state index in [0.29, 0.717) is 55.6 Å². The Balaban J connectivity index is 1.44. The van der Waals surface area contributed by atoms with Gasteiger partial charge in [0.05, 0.1) is 19.7 Å². The molecule has 1 saturated carbocycles. The fourth-order valence-electron chi connectivity index (χ4n) is 5.25. The number of hydrogen-bond donors (Lipinski definition) is 0. The summed E-state index contributed by atoms with van der Waals surface area (Å²) >= 11 is 0. The zero-order valence-electron chi connectivity index (χ0n) is 16.9. The standard InChI is InChI=1S/C20H24F4N4O2/c1-10-20(23,24)9-28(10)18-25-16-11(4-3-5-19(16,21)22)17(26-18)27-7-13-12(14(13)8-27)6-15(29)30-2/h10,12-14H,3-9H2,1-2H3/t10?,12?,13-,14+. The van der Waals surface area contributed by atoms with Gasteiger partial charge >= 0.3 is 5.97 Å². The number of carbonyl (C=O) groups is 1. The Morgan fingerprint density at radius 2 is 1.90 bits per heavy atom. The zero-order valence-corrected chi connectivity index (χ0v) is 16.9. The average molecular weight is 428 g/mol. The monoisotopic (exact) mass is 428 g/mol. The number of fused-ring (bicyclic) bond motifs is 2. The number of ether oxygens (including phenoxy) is 1. The van der Waals surface area contributed by atoms with E-state index in [4.69, 9.17) is 4.74 Å². The number of nitrogens with zero attached hydrogens (tertiary/aromatic N) is 4. The summed E-state index contributed by atoms with van der Waals surface area (Å²) < 4.78 is 61.5. The summed E-state index contributed by atoms with van der Waals surface area (Å²) in [6, 6.07) is -1.13. The lowest BCUT2D eigenvalue weighted by Gasteiger charge is -2.46. The van der Waals surface area contributed by atoms with Crippen LogP contribution in [0, 0.1) is 17.8 Å². The maximum absolute atomic E-state index is 14.7. The lowest BCUT2D eigenvalue weighted by atomic mass is 9.92. The second-order valence-electron chi connectivity index (χ2n) is 8.97. The quantitative estimate of drug-likeness (QED) is 0.543. The topological polar surface area (TPSA) is 58.6 Å². The van der Waals surface area contributed by atoms with Gasteiger partial charge < -0.3 is 14.5 Å². The predicted octanol–water partition coefficient (Wildman–Crippen LogP) is 2.99. The molecule has 2 aliphatic heterocycles. The van der Waals surface area contributed by atoms with Crippen LogP contribution in [0.4, 0.5) is 29.3 Å². The van der Waals surface area contributed by atoms with Crippen LogP contribution < -0.4 is 9.80 Å². The van der Waals surface area contributed by atoms with Crippen LogP contribution in [0.2, 0.25) is 0 Å². The van der Waals surface area contributed by atoms with E-state index in [-0.39, 0.29) is 30.0 Å². The molecule has 0 aromatic carbocycles. The van der Waals surface area contributed by atoms with Crippen molar-refractivity contribution in [2.45, 2.75) is 50.5 Å².